The fraction of sp³-hybridized carbons (Fsp3) is 0.263. The maximum atomic E-state index is 14.6. The molecule has 1 aliphatic heterocycles. The van der Waals surface area contributed by atoms with Gasteiger partial charge in [-0.1, -0.05) is 24.3 Å². The number of hydrogen-bond acceptors (Lipinski definition) is 4. The van der Waals surface area contributed by atoms with Crippen LogP contribution in [-0.2, 0) is 6.54 Å². The Kier molecular flexibility index (Phi) is 6.31. The Morgan fingerprint density at radius 2 is 1.85 bits per heavy atom. The summed E-state index contributed by atoms with van der Waals surface area (Å²) in [7, 11) is 0. The smallest absolute Gasteiger partial charge is 0.323 e. The number of urea groups is 1. The zero-order valence-electron chi connectivity index (χ0n) is 14.7. The number of nitrogens with zero attached hydrogens (tertiary/aromatic N) is 2. The predicted molar refractivity (Wildman–Crippen MR) is 105 cm³/mol. The minimum atomic E-state index is -0.567. The van der Waals surface area contributed by atoms with Gasteiger partial charge in [-0.05, 0) is 24.3 Å². The van der Waals surface area contributed by atoms with E-state index in [0.29, 0.717) is 24.3 Å². The summed E-state index contributed by atoms with van der Waals surface area (Å²) in [5.41, 5.74) is 3.13. The van der Waals surface area contributed by atoms with Gasteiger partial charge in [0.2, 0.25) is 0 Å². The van der Waals surface area contributed by atoms with Crippen molar-refractivity contribution in [2.75, 3.05) is 29.5 Å². The summed E-state index contributed by atoms with van der Waals surface area (Å²) in [5.74, 6) is 5.75. The first-order valence-corrected chi connectivity index (χ1v) is 9.74. The Morgan fingerprint density at radius 1 is 1.15 bits per heavy atom. The monoisotopic (exact) mass is 388 g/mol. The van der Waals surface area contributed by atoms with Gasteiger partial charge in [0.05, 0.1) is 6.54 Å². The third-order valence-corrected chi connectivity index (χ3v) is 5.30. The van der Waals surface area contributed by atoms with E-state index in [2.05, 4.69) is 0 Å². The van der Waals surface area contributed by atoms with Gasteiger partial charge in [-0.2, -0.15) is 11.8 Å². The van der Waals surface area contributed by atoms with Crippen LogP contribution < -0.4 is 16.2 Å². The van der Waals surface area contributed by atoms with E-state index in [4.69, 9.17) is 5.84 Å². The number of carbonyl (C=O) groups is 2. The van der Waals surface area contributed by atoms with Crippen molar-refractivity contribution in [1.29, 1.82) is 0 Å². The SMILES string of the molecule is NNC(=O)c1ccc(CN(C(=O)N2CCSCC2)c2ccccc2)c(F)c1. The Balaban J connectivity index is 1.87. The first kappa shape index (κ1) is 19.2. The average Bonchev–Trinajstić information content (AvgIpc) is 2.73. The van der Waals surface area contributed by atoms with Gasteiger partial charge < -0.3 is 4.90 Å². The van der Waals surface area contributed by atoms with Crippen LogP contribution in [0, 0.1) is 5.82 Å². The zero-order chi connectivity index (χ0) is 19.2. The first-order chi connectivity index (χ1) is 13.1. The van der Waals surface area contributed by atoms with Crippen molar-refractivity contribution in [2.45, 2.75) is 6.54 Å². The topological polar surface area (TPSA) is 78.7 Å². The van der Waals surface area contributed by atoms with E-state index in [1.54, 1.807) is 9.80 Å². The second-order valence-electron chi connectivity index (χ2n) is 6.08. The van der Waals surface area contributed by atoms with Crippen LogP contribution in [-0.4, -0.2) is 41.4 Å². The molecule has 1 fully saturated rings. The Hall–Kier alpha value is -2.58. The molecule has 1 heterocycles. The maximum Gasteiger partial charge on any atom is 0.324 e. The summed E-state index contributed by atoms with van der Waals surface area (Å²) in [4.78, 5) is 28.0. The van der Waals surface area contributed by atoms with Crippen LogP contribution in [0.5, 0.6) is 0 Å². The predicted octanol–water partition coefficient (Wildman–Crippen LogP) is 2.60. The van der Waals surface area contributed by atoms with Crippen molar-refractivity contribution in [2.24, 2.45) is 5.84 Å². The number of para-hydroxylation sites is 1. The van der Waals surface area contributed by atoms with E-state index >= 15 is 0 Å². The fourth-order valence-corrected chi connectivity index (χ4v) is 3.78. The van der Waals surface area contributed by atoms with Gasteiger partial charge in [-0.15, -0.1) is 0 Å². The van der Waals surface area contributed by atoms with Gasteiger partial charge in [0.1, 0.15) is 5.82 Å². The quantitative estimate of drug-likeness (QED) is 0.479. The number of nitrogen functional groups attached to an aromatic ring is 1. The molecule has 3 N–H and O–H groups in total. The van der Waals surface area contributed by atoms with Crippen LogP contribution in [0.2, 0.25) is 0 Å². The Labute approximate surface area is 161 Å². The molecule has 0 bridgehead atoms. The van der Waals surface area contributed by atoms with E-state index in [9.17, 15) is 14.0 Å². The minimum Gasteiger partial charge on any atom is -0.323 e. The molecular formula is C19H21FN4O2S. The van der Waals surface area contributed by atoms with Crippen molar-refractivity contribution in [3.8, 4) is 0 Å². The first-order valence-electron chi connectivity index (χ1n) is 8.59. The largest absolute Gasteiger partial charge is 0.324 e. The molecule has 0 atom stereocenters. The van der Waals surface area contributed by atoms with Gasteiger partial charge in [-0.25, -0.2) is 15.0 Å². The molecule has 0 saturated carbocycles. The molecule has 0 aromatic heterocycles. The summed E-state index contributed by atoms with van der Waals surface area (Å²) in [6, 6.07) is 13.2. The highest BCUT2D eigenvalue weighted by Gasteiger charge is 2.25. The highest BCUT2D eigenvalue weighted by molar-refractivity contribution is 7.99. The lowest BCUT2D eigenvalue weighted by atomic mass is 10.1. The molecule has 0 radical (unpaired) electrons. The third kappa shape index (κ3) is 4.58. The maximum absolute atomic E-state index is 14.6. The molecule has 6 nitrogen and oxygen atoms in total. The molecule has 1 aliphatic rings. The number of rotatable bonds is 4. The highest BCUT2D eigenvalue weighted by Crippen LogP contribution is 2.22. The van der Waals surface area contributed by atoms with Gasteiger partial charge >= 0.3 is 6.03 Å². The Morgan fingerprint density at radius 3 is 2.48 bits per heavy atom. The lowest BCUT2D eigenvalue weighted by Gasteiger charge is -2.33. The van der Waals surface area contributed by atoms with Crippen molar-refractivity contribution in [1.82, 2.24) is 10.3 Å². The standard InChI is InChI=1S/C19H21FN4O2S/c20-17-12-14(18(25)22-21)6-7-15(17)13-24(16-4-2-1-3-5-16)19(26)23-8-10-27-11-9-23/h1-7,12H,8-11,13,21H2,(H,22,25). The summed E-state index contributed by atoms with van der Waals surface area (Å²) >= 11 is 1.82. The molecule has 2 aromatic rings. The van der Waals surface area contributed by atoms with E-state index in [0.717, 1.165) is 17.6 Å². The van der Waals surface area contributed by atoms with Crippen molar-refractivity contribution >= 4 is 29.4 Å². The number of halogens is 1. The number of hydrazine groups is 1. The number of nitrogens with one attached hydrogen (secondary N) is 1. The number of nitrogens with two attached hydrogens (primary N) is 1. The van der Waals surface area contributed by atoms with Gasteiger partial charge in [0, 0.05) is 41.4 Å². The molecule has 3 rings (SSSR count). The number of carbonyl (C=O) groups excluding carboxylic acids is 2. The molecule has 0 spiro atoms. The van der Waals surface area contributed by atoms with Gasteiger partial charge in [0.15, 0.2) is 0 Å². The Bertz CT molecular complexity index is 813. The van der Waals surface area contributed by atoms with Gasteiger partial charge in [-0.3, -0.25) is 15.1 Å². The average molecular weight is 388 g/mol. The van der Waals surface area contributed by atoms with Crippen molar-refractivity contribution in [3.05, 3.63) is 65.5 Å². The number of anilines is 1. The molecule has 0 unspecified atom stereocenters. The molecule has 27 heavy (non-hydrogen) atoms. The summed E-state index contributed by atoms with van der Waals surface area (Å²) in [6.07, 6.45) is 0. The van der Waals surface area contributed by atoms with Gasteiger partial charge in [0.25, 0.3) is 5.91 Å². The van der Waals surface area contributed by atoms with Crippen molar-refractivity contribution < 1.29 is 14.0 Å². The number of thioether (sulfide) groups is 1. The summed E-state index contributed by atoms with van der Waals surface area (Å²) in [5, 5.41) is 0. The number of hydrogen-bond donors (Lipinski definition) is 2. The van der Waals surface area contributed by atoms with E-state index in [1.165, 1.54) is 12.1 Å². The molecule has 1 saturated heterocycles. The molecule has 2 aromatic carbocycles. The molecule has 8 heteroatoms. The van der Waals surface area contributed by atoms with Crippen LogP contribution in [0.25, 0.3) is 0 Å². The van der Waals surface area contributed by atoms with Crippen LogP contribution in [0.3, 0.4) is 0 Å². The van der Waals surface area contributed by atoms with Crippen LogP contribution in [0.1, 0.15) is 15.9 Å². The summed E-state index contributed by atoms with van der Waals surface area (Å²) in [6.45, 7) is 1.42. The lowest BCUT2D eigenvalue weighted by molar-refractivity contribution is 0.0953. The third-order valence-electron chi connectivity index (χ3n) is 4.36. The zero-order valence-corrected chi connectivity index (χ0v) is 15.5. The fourth-order valence-electron chi connectivity index (χ4n) is 2.87. The molecule has 142 valence electrons. The molecule has 3 amide bonds. The number of amides is 3. The van der Waals surface area contributed by atoms with E-state index in [1.807, 2.05) is 47.5 Å². The summed E-state index contributed by atoms with van der Waals surface area (Å²) < 4.78 is 14.6. The van der Waals surface area contributed by atoms with Crippen LogP contribution >= 0.6 is 11.8 Å². The van der Waals surface area contributed by atoms with E-state index < -0.39 is 11.7 Å². The van der Waals surface area contributed by atoms with Crippen LogP contribution in [0.4, 0.5) is 14.9 Å². The highest BCUT2D eigenvalue weighted by atomic mass is 32.2. The lowest BCUT2D eigenvalue weighted by Crippen LogP contribution is -2.46. The van der Waals surface area contributed by atoms with Crippen LogP contribution in [0.15, 0.2) is 48.5 Å². The molecular weight excluding hydrogens is 367 g/mol. The van der Waals surface area contributed by atoms with Crippen molar-refractivity contribution in [3.63, 3.8) is 0 Å². The molecule has 0 aliphatic carbocycles. The minimum absolute atomic E-state index is 0.0723. The normalized spacial score (nSPS) is 13.9. The second kappa shape index (κ2) is 8.88. The van der Waals surface area contributed by atoms with E-state index in [-0.39, 0.29) is 18.1 Å². The second-order valence-corrected chi connectivity index (χ2v) is 7.31. The number of benzene rings is 2.